The van der Waals surface area contributed by atoms with Crippen LogP contribution in [0.25, 0.3) is 0 Å². The van der Waals surface area contributed by atoms with Gasteiger partial charge in [-0.05, 0) is 24.3 Å². The molecular formula is C12H9Cl2OP. The van der Waals surface area contributed by atoms with Crippen LogP contribution in [-0.4, -0.2) is 4.89 Å². The molecule has 0 heterocycles. The highest BCUT2D eigenvalue weighted by molar-refractivity contribution is 7.67. The van der Waals surface area contributed by atoms with Crippen molar-refractivity contribution in [2.75, 3.05) is 0 Å². The number of hydrogen-bond acceptors (Lipinski definition) is 1. The summed E-state index contributed by atoms with van der Waals surface area (Å²) in [6.45, 7) is 0. The first-order valence-corrected chi connectivity index (χ1v) is 6.72. The van der Waals surface area contributed by atoms with Crippen LogP contribution in [0.15, 0.2) is 48.5 Å². The summed E-state index contributed by atoms with van der Waals surface area (Å²) in [7, 11) is -1.31. The maximum atomic E-state index is 10.2. The fraction of sp³-hybridized carbons (Fsp3) is 0. The SMILES string of the molecule is OP(c1ccc(Cl)cc1)c1ccc(Cl)cc1. The van der Waals surface area contributed by atoms with Crippen molar-refractivity contribution in [3.63, 3.8) is 0 Å². The minimum absolute atomic E-state index is 0.670. The second-order valence-corrected chi connectivity index (χ2v) is 5.79. The summed E-state index contributed by atoms with van der Waals surface area (Å²) < 4.78 is 0. The standard InChI is InChI=1S/C12H9Cl2OP/c13-9-1-5-11(6-2-9)16(15)12-7-3-10(14)4-8-12/h1-8,15H. The molecule has 0 aliphatic carbocycles. The second kappa shape index (κ2) is 5.16. The highest BCUT2D eigenvalue weighted by Crippen LogP contribution is 2.28. The van der Waals surface area contributed by atoms with Crippen LogP contribution in [-0.2, 0) is 0 Å². The Hall–Kier alpha value is -0.590. The van der Waals surface area contributed by atoms with Crippen molar-refractivity contribution < 1.29 is 4.89 Å². The fourth-order valence-electron chi connectivity index (χ4n) is 1.31. The Labute approximate surface area is 105 Å². The summed E-state index contributed by atoms with van der Waals surface area (Å²) in [4.78, 5) is 10.2. The quantitative estimate of drug-likeness (QED) is 0.830. The Morgan fingerprint density at radius 2 is 1.00 bits per heavy atom. The molecule has 16 heavy (non-hydrogen) atoms. The highest BCUT2D eigenvalue weighted by atomic mass is 35.5. The molecule has 0 saturated carbocycles. The van der Waals surface area contributed by atoms with Crippen LogP contribution in [0, 0.1) is 0 Å². The minimum Gasteiger partial charge on any atom is -0.364 e. The molecular weight excluding hydrogens is 262 g/mol. The Balaban J connectivity index is 2.28. The van der Waals surface area contributed by atoms with Crippen LogP contribution in [0.5, 0.6) is 0 Å². The van der Waals surface area contributed by atoms with Gasteiger partial charge in [0.05, 0.1) is 8.15 Å². The predicted molar refractivity (Wildman–Crippen MR) is 71.3 cm³/mol. The average Bonchev–Trinajstić information content (AvgIpc) is 2.30. The van der Waals surface area contributed by atoms with E-state index < -0.39 is 8.15 Å². The molecule has 0 bridgehead atoms. The predicted octanol–water partition coefficient (Wildman–Crippen LogP) is 3.33. The molecule has 0 aromatic heterocycles. The van der Waals surface area contributed by atoms with Gasteiger partial charge in [-0.2, -0.15) is 0 Å². The summed E-state index contributed by atoms with van der Waals surface area (Å²) in [5.74, 6) is 0. The first kappa shape index (κ1) is 11.9. The number of hydrogen-bond donors (Lipinski definition) is 1. The van der Waals surface area contributed by atoms with Gasteiger partial charge < -0.3 is 4.89 Å². The van der Waals surface area contributed by atoms with Crippen molar-refractivity contribution in [2.24, 2.45) is 0 Å². The lowest BCUT2D eigenvalue weighted by molar-refractivity contribution is 0.644. The maximum Gasteiger partial charge on any atom is 0.0877 e. The van der Waals surface area contributed by atoms with Gasteiger partial charge in [-0.25, -0.2) is 0 Å². The zero-order valence-electron chi connectivity index (χ0n) is 8.27. The lowest BCUT2D eigenvalue weighted by atomic mass is 10.4. The first-order chi connectivity index (χ1) is 7.66. The van der Waals surface area contributed by atoms with Crippen LogP contribution in [0.1, 0.15) is 0 Å². The number of benzene rings is 2. The first-order valence-electron chi connectivity index (χ1n) is 4.67. The van der Waals surface area contributed by atoms with Gasteiger partial charge in [0.1, 0.15) is 0 Å². The molecule has 4 heteroatoms. The third-order valence-electron chi connectivity index (χ3n) is 2.14. The smallest absolute Gasteiger partial charge is 0.0877 e. The van der Waals surface area contributed by atoms with Crippen molar-refractivity contribution in [2.45, 2.75) is 0 Å². The van der Waals surface area contributed by atoms with Crippen molar-refractivity contribution in [3.8, 4) is 0 Å². The molecule has 82 valence electrons. The van der Waals surface area contributed by atoms with Gasteiger partial charge in [0, 0.05) is 20.7 Å². The van der Waals surface area contributed by atoms with Crippen molar-refractivity contribution in [1.29, 1.82) is 0 Å². The van der Waals surface area contributed by atoms with E-state index in [4.69, 9.17) is 23.2 Å². The van der Waals surface area contributed by atoms with E-state index >= 15 is 0 Å². The van der Waals surface area contributed by atoms with E-state index in [1.54, 1.807) is 24.3 Å². The summed E-state index contributed by atoms with van der Waals surface area (Å²) in [6.07, 6.45) is 0. The lowest BCUT2D eigenvalue weighted by Gasteiger charge is -2.10. The molecule has 0 radical (unpaired) electrons. The third-order valence-corrected chi connectivity index (χ3v) is 4.22. The Morgan fingerprint density at radius 3 is 1.31 bits per heavy atom. The molecule has 0 unspecified atom stereocenters. The summed E-state index contributed by atoms with van der Waals surface area (Å²) >= 11 is 11.6. The van der Waals surface area contributed by atoms with Crippen LogP contribution in [0.4, 0.5) is 0 Å². The molecule has 2 aromatic carbocycles. The number of halogens is 2. The largest absolute Gasteiger partial charge is 0.364 e. The van der Waals surface area contributed by atoms with Gasteiger partial charge in [0.2, 0.25) is 0 Å². The van der Waals surface area contributed by atoms with E-state index in [2.05, 4.69) is 0 Å². The van der Waals surface area contributed by atoms with Gasteiger partial charge >= 0.3 is 0 Å². The molecule has 2 rings (SSSR count). The summed E-state index contributed by atoms with van der Waals surface area (Å²) in [6, 6.07) is 14.4. The molecule has 0 fully saturated rings. The van der Waals surface area contributed by atoms with E-state index in [0.29, 0.717) is 10.0 Å². The molecule has 0 aliphatic heterocycles. The molecule has 0 saturated heterocycles. The second-order valence-electron chi connectivity index (χ2n) is 3.26. The molecule has 0 spiro atoms. The van der Waals surface area contributed by atoms with E-state index in [1.165, 1.54) is 0 Å². The van der Waals surface area contributed by atoms with E-state index in [1.807, 2.05) is 24.3 Å². The zero-order valence-corrected chi connectivity index (χ0v) is 10.7. The topological polar surface area (TPSA) is 20.2 Å². The van der Waals surface area contributed by atoms with Gasteiger partial charge in [-0.15, -0.1) is 0 Å². The molecule has 0 aliphatic rings. The van der Waals surface area contributed by atoms with E-state index in [-0.39, 0.29) is 0 Å². The maximum absolute atomic E-state index is 10.2. The van der Waals surface area contributed by atoms with Gasteiger partial charge in [0.15, 0.2) is 0 Å². The summed E-state index contributed by atoms with van der Waals surface area (Å²) in [5.41, 5.74) is 0. The van der Waals surface area contributed by atoms with Gasteiger partial charge in [-0.1, -0.05) is 47.5 Å². The van der Waals surface area contributed by atoms with Crippen LogP contribution in [0.2, 0.25) is 10.0 Å². The Morgan fingerprint density at radius 1 is 0.688 bits per heavy atom. The van der Waals surface area contributed by atoms with Gasteiger partial charge in [0.25, 0.3) is 0 Å². The fourth-order valence-corrected chi connectivity index (χ4v) is 2.73. The zero-order chi connectivity index (χ0) is 11.5. The molecule has 0 atom stereocenters. The van der Waals surface area contributed by atoms with E-state index in [9.17, 15) is 4.89 Å². The molecule has 0 amide bonds. The average molecular weight is 271 g/mol. The highest BCUT2D eigenvalue weighted by Gasteiger charge is 2.10. The minimum atomic E-state index is -1.31. The summed E-state index contributed by atoms with van der Waals surface area (Å²) in [5, 5.41) is 3.09. The van der Waals surface area contributed by atoms with Crippen molar-refractivity contribution in [3.05, 3.63) is 58.6 Å². The lowest BCUT2D eigenvalue weighted by Crippen LogP contribution is -2.10. The van der Waals surface area contributed by atoms with E-state index in [0.717, 1.165) is 10.6 Å². The molecule has 1 N–H and O–H groups in total. The normalized spacial score (nSPS) is 10.8. The monoisotopic (exact) mass is 270 g/mol. The van der Waals surface area contributed by atoms with Crippen molar-refractivity contribution in [1.82, 2.24) is 0 Å². The molecule has 2 aromatic rings. The Bertz CT molecular complexity index is 422. The number of rotatable bonds is 2. The Kier molecular flexibility index (Phi) is 3.83. The molecule has 1 nitrogen and oxygen atoms in total. The van der Waals surface area contributed by atoms with Crippen LogP contribution < -0.4 is 10.6 Å². The van der Waals surface area contributed by atoms with Crippen LogP contribution >= 0.6 is 31.4 Å². The van der Waals surface area contributed by atoms with Crippen LogP contribution in [0.3, 0.4) is 0 Å². The third kappa shape index (κ3) is 2.75. The van der Waals surface area contributed by atoms with Gasteiger partial charge in [-0.3, -0.25) is 0 Å². The van der Waals surface area contributed by atoms with Crippen molar-refractivity contribution >= 4 is 42.0 Å².